The van der Waals surface area contributed by atoms with Crippen LogP contribution in [0.4, 0.5) is 13.2 Å². The average Bonchev–Trinajstić information content (AvgIpc) is 2.16. The summed E-state index contributed by atoms with van der Waals surface area (Å²) in [6.45, 7) is 0. The normalized spacial score (nSPS) is 12.0. The summed E-state index contributed by atoms with van der Waals surface area (Å²) in [7, 11) is 0. The number of hydrogen-bond donors (Lipinski definition) is 0. The topological polar surface area (TPSA) is 12.9 Å². The van der Waals surface area contributed by atoms with Crippen LogP contribution in [0.3, 0.4) is 0 Å². The van der Waals surface area contributed by atoms with E-state index in [1.165, 1.54) is 12.3 Å². The van der Waals surface area contributed by atoms with E-state index in [1.54, 1.807) is 6.20 Å². The fourth-order valence-electron chi connectivity index (χ4n) is 1.32. The highest BCUT2D eigenvalue weighted by molar-refractivity contribution is 9.10. The molecule has 0 aliphatic heterocycles. The Kier molecular flexibility index (Phi) is 2.42. The van der Waals surface area contributed by atoms with Gasteiger partial charge in [0.2, 0.25) is 0 Å². The summed E-state index contributed by atoms with van der Waals surface area (Å²) in [5.74, 6) is 0. The van der Waals surface area contributed by atoms with Gasteiger partial charge in [0.25, 0.3) is 0 Å². The molecule has 1 nitrogen and oxygen atoms in total. The minimum absolute atomic E-state index is 0.471. The van der Waals surface area contributed by atoms with Crippen molar-refractivity contribution < 1.29 is 13.2 Å². The first kappa shape index (κ1) is 10.4. The molecule has 78 valence electrons. The highest BCUT2D eigenvalue weighted by Crippen LogP contribution is 2.32. The molecule has 0 radical (unpaired) electrons. The van der Waals surface area contributed by atoms with Crippen molar-refractivity contribution in [2.45, 2.75) is 6.18 Å². The highest BCUT2D eigenvalue weighted by atomic mass is 79.9. The van der Waals surface area contributed by atoms with E-state index in [0.29, 0.717) is 9.86 Å². The lowest BCUT2D eigenvalue weighted by atomic mass is 10.1. The van der Waals surface area contributed by atoms with Crippen molar-refractivity contribution in [2.75, 3.05) is 0 Å². The number of alkyl halides is 3. The second-order valence-corrected chi connectivity index (χ2v) is 3.91. The lowest BCUT2D eigenvalue weighted by Crippen LogP contribution is -2.04. The maximum atomic E-state index is 12.4. The summed E-state index contributed by atoms with van der Waals surface area (Å²) in [5, 5.41) is 1.19. The molecule has 5 heteroatoms. The first-order valence-electron chi connectivity index (χ1n) is 4.09. The van der Waals surface area contributed by atoms with Crippen molar-refractivity contribution in [1.29, 1.82) is 0 Å². The van der Waals surface area contributed by atoms with Crippen LogP contribution < -0.4 is 0 Å². The van der Waals surface area contributed by atoms with Gasteiger partial charge in [-0.25, -0.2) is 0 Å². The maximum absolute atomic E-state index is 12.4. The molecule has 0 aliphatic rings. The number of nitrogens with zero attached hydrogens (tertiary/aromatic N) is 1. The van der Waals surface area contributed by atoms with Gasteiger partial charge in [0.05, 0.1) is 5.56 Å². The Labute approximate surface area is 92.1 Å². The summed E-state index contributed by atoms with van der Waals surface area (Å²) in [6, 6.07) is 3.59. The summed E-state index contributed by atoms with van der Waals surface area (Å²) in [6.07, 6.45) is -1.35. The number of halogens is 4. The third kappa shape index (κ3) is 1.97. The van der Waals surface area contributed by atoms with Crippen molar-refractivity contribution >= 4 is 26.7 Å². The first-order valence-corrected chi connectivity index (χ1v) is 4.88. The number of hydrogen-bond acceptors (Lipinski definition) is 1. The zero-order valence-corrected chi connectivity index (χ0v) is 8.93. The van der Waals surface area contributed by atoms with Gasteiger partial charge in [0, 0.05) is 22.3 Å². The van der Waals surface area contributed by atoms with Gasteiger partial charge in [-0.3, -0.25) is 4.98 Å². The quantitative estimate of drug-likeness (QED) is 0.708. The molecule has 1 aromatic carbocycles. The van der Waals surface area contributed by atoms with Crippen LogP contribution in [-0.2, 0) is 6.18 Å². The largest absolute Gasteiger partial charge is 0.416 e. The van der Waals surface area contributed by atoms with E-state index in [-0.39, 0.29) is 0 Å². The molecule has 0 N–H and O–H groups in total. The van der Waals surface area contributed by atoms with Gasteiger partial charge in [0.1, 0.15) is 0 Å². The molecule has 0 atom stereocenters. The zero-order chi connectivity index (χ0) is 11.1. The van der Waals surface area contributed by atoms with E-state index in [9.17, 15) is 13.2 Å². The molecule has 0 saturated heterocycles. The minimum Gasteiger partial charge on any atom is -0.263 e. The van der Waals surface area contributed by atoms with Crippen LogP contribution in [0, 0.1) is 0 Å². The Hall–Kier alpha value is -1.10. The molecule has 2 aromatic rings. The molecule has 0 aliphatic carbocycles. The molecule has 0 spiro atoms. The minimum atomic E-state index is -4.31. The van der Waals surface area contributed by atoms with E-state index in [0.717, 1.165) is 17.5 Å². The Morgan fingerprint density at radius 2 is 1.87 bits per heavy atom. The lowest BCUT2D eigenvalue weighted by molar-refractivity contribution is -0.137. The monoisotopic (exact) mass is 275 g/mol. The van der Waals surface area contributed by atoms with Crippen LogP contribution in [0.1, 0.15) is 5.56 Å². The van der Waals surface area contributed by atoms with Gasteiger partial charge in [-0.15, -0.1) is 0 Å². The molecule has 0 saturated carbocycles. The fourth-order valence-corrected chi connectivity index (χ4v) is 1.80. The summed E-state index contributed by atoms with van der Waals surface area (Å²) in [4.78, 5) is 3.82. The maximum Gasteiger partial charge on any atom is 0.416 e. The van der Waals surface area contributed by atoms with Gasteiger partial charge in [-0.2, -0.15) is 13.2 Å². The lowest BCUT2D eigenvalue weighted by Gasteiger charge is -2.07. The standard InChI is InChI=1S/C10H5BrF3N/c11-9-5-15-4-6-3-7(10(12,13)14)1-2-8(6)9/h1-5H. The summed E-state index contributed by atoms with van der Waals surface area (Å²) in [5.41, 5.74) is -0.658. The molecule has 1 aromatic heterocycles. The Morgan fingerprint density at radius 1 is 1.13 bits per heavy atom. The molecule has 2 rings (SSSR count). The Balaban J connectivity index is 2.68. The number of benzene rings is 1. The molecule has 0 unspecified atom stereocenters. The third-order valence-corrected chi connectivity index (χ3v) is 2.67. The third-order valence-electron chi connectivity index (χ3n) is 2.04. The highest BCUT2D eigenvalue weighted by Gasteiger charge is 2.30. The number of rotatable bonds is 0. The zero-order valence-electron chi connectivity index (χ0n) is 7.35. The van der Waals surface area contributed by atoms with Gasteiger partial charge >= 0.3 is 6.18 Å². The molecule has 15 heavy (non-hydrogen) atoms. The van der Waals surface area contributed by atoms with E-state index in [2.05, 4.69) is 20.9 Å². The van der Waals surface area contributed by atoms with Gasteiger partial charge in [-0.1, -0.05) is 6.07 Å². The molecular weight excluding hydrogens is 271 g/mol. The van der Waals surface area contributed by atoms with Crippen LogP contribution in [0.25, 0.3) is 10.8 Å². The van der Waals surface area contributed by atoms with Crippen molar-refractivity contribution in [3.05, 3.63) is 40.6 Å². The summed E-state index contributed by atoms with van der Waals surface area (Å²) < 4.78 is 37.8. The Bertz CT molecular complexity index is 507. The van der Waals surface area contributed by atoms with Crippen molar-refractivity contribution in [3.63, 3.8) is 0 Å². The van der Waals surface area contributed by atoms with Gasteiger partial charge in [0.15, 0.2) is 0 Å². The van der Waals surface area contributed by atoms with Crippen LogP contribution in [0.2, 0.25) is 0 Å². The number of pyridine rings is 1. The average molecular weight is 276 g/mol. The second kappa shape index (κ2) is 3.48. The molecule has 0 amide bonds. The molecular formula is C10H5BrF3N. The van der Waals surface area contributed by atoms with E-state index in [4.69, 9.17) is 0 Å². The predicted octanol–water partition coefficient (Wildman–Crippen LogP) is 4.02. The van der Waals surface area contributed by atoms with Gasteiger partial charge < -0.3 is 0 Å². The van der Waals surface area contributed by atoms with Gasteiger partial charge in [-0.05, 0) is 33.4 Å². The number of aromatic nitrogens is 1. The molecule has 1 heterocycles. The number of fused-ring (bicyclic) bond motifs is 1. The summed E-state index contributed by atoms with van der Waals surface area (Å²) >= 11 is 3.23. The van der Waals surface area contributed by atoms with Crippen molar-refractivity contribution in [2.24, 2.45) is 0 Å². The van der Waals surface area contributed by atoms with Crippen molar-refractivity contribution in [1.82, 2.24) is 4.98 Å². The smallest absolute Gasteiger partial charge is 0.263 e. The first-order chi connectivity index (χ1) is 6.98. The van der Waals surface area contributed by atoms with Crippen LogP contribution in [0.5, 0.6) is 0 Å². The van der Waals surface area contributed by atoms with Crippen LogP contribution in [0.15, 0.2) is 35.1 Å². The van der Waals surface area contributed by atoms with E-state index < -0.39 is 11.7 Å². The Morgan fingerprint density at radius 3 is 2.53 bits per heavy atom. The SMILES string of the molecule is FC(F)(F)c1ccc2c(Br)cncc2c1. The van der Waals surface area contributed by atoms with E-state index in [1.807, 2.05) is 0 Å². The van der Waals surface area contributed by atoms with Crippen LogP contribution in [-0.4, -0.2) is 4.98 Å². The fraction of sp³-hybridized carbons (Fsp3) is 0.100. The second-order valence-electron chi connectivity index (χ2n) is 3.05. The van der Waals surface area contributed by atoms with Crippen molar-refractivity contribution in [3.8, 4) is 0 Å². The predicted molar refractivity (Wildman–Crippen MR) is 54.4 cm³/mol. The van der Waals surface area contributed by atoms with Crippen LogP contribution >= 0.6 is 15.9 Å². The van der Waals surface area contributed by atoms with E-state index >= 15 is 0 Å². The molecule has 0 bridgehead atoms. The molecule has 0 fully saturated rings.